The molecule has 1 N–H and O–H groups in total. The molecule has 0 atom stereocenters. The molecule has 0 unspecified atom stereocenters. The second-order valence-corrected chi connectivity index (χ2v) is 9.33. The van der Waals surface area contributed by atoms with Gasteiger partial charge in [-0.05, 0) is 29.5 Å². The lowest BCUT2D eigenvalue weighted by atomic mass is 10.0. The number of carbonyl (C=O) groups is 1. The van der Waals surface area contributed by atoms with Gasteiger partial charge in [-0.15, -0.1) is 0 Å². The summed E-state index contributed by atoms with van der Waals surface area (Å²) < 4.78 is 23.7. The molecule has 2 rings (SSSR count). The van der Waals surface area contributed by atoms with Crippen molar-refractivity contribution in [1.29, 1.82) is 0 Å². The van der Waals surface area contributed by atoms with Gasteiger partial charge < -0.3 is 5.32 Å². The van der Waals surface area contributed by atoms with Crippen LogP contribution in [-0.2, 0) is 21.2 Å². The van der Waals surface area contributed by atoms with E-state index in [9.17, 15) is 13.2 Å². The summed E-state index contributed by atoms with van der Waals surface area (Å²) >= 11 is 0. The number of amides is 1. The SMILES string of the molecule is Cc1cccc(-c2ccc(CNC(=O)CCS(=O)(=O)CC(C)C)cc2)c1. The van der Waals surface area contributed by atoms with Gasteiger partial charge in [0.25, 0.3) is 0 Å². The zero-order valence-corrected chi connectivity index (χ0v) is 16.5. The summed E-state index contributed by atoms with van der Waals surface area (Å²) in [6.45, 7) is 6.18. The van der Waals surface area contributed by atoms with Gasteiger partial charge in [0.1, 0.15) is 0 Å². The fraction of sp³-hybridized carbons (Fsp3) is 0.381. The highest BCUT2D eigenvalue weighted by Crippen LogP contribution is 2.20. The lowest BCUT2D eigenvalue weighted by Crippen LogP contribution is -2.26. The van der Waals surface area contributed by atoms with Crippen LogP contribution in [0.4, 0.5) is 0 Å². The molecule has 0 aromatic heterocycles. The molecule has 4 nitrogen and oxygen atoms in total. The van der Waals surface area contributed by atoms with Gasteiger partial charge in [-0.2, -0.15) is 0 Å². The molecule has 26 heavy (non-hydrogen) atoms. The van der Waals surface area contributed by atoms with E-state index < -0.39 is 9.84 Å². The Balaban J connectivity index is 1.85. The highest BCUT2D eigenvalue weighted by molar-refractivity contribution is 7.91. The van der Waals surface area contributed by atoms with Crippen LogP contribution in [0.5, 0.6) is 0 Å². The summed E-state index contributed by atoms with van der Waals surface area (Å²) in [5.41, 5.74) is 4.49. The fourth-order valence-corrected chi connectivity index (χ4v) is 4.45. The van der Waals surface area contributed by atoms with Crippen molar-refractivity contribution >= 4 is 15.7 Å². The van der Waals surface area contributed by atoms with E-state index in [4.69, 9.17) is 0 Å². The third-order valence-corrected chi connectivity index (χ3v) is 6.02. The Morgan fingerprint density at radius 3 is 2.35 bits per heavy atom. The maximum absolute atomic E-state index is 11.9. The average molecular weight is 374 g/mol. The molecule has 0 aliphatic heterocycles. The predicted molar refractivity (Wildman–Crippen MR) is 107 cm³/mol. The van der Waals surface area contributed by atoms with Crippen molar-refractivity contribution in [3.05, 3.63) is 59.7 Å². The van der Waals surface area contributed by atoms with Gasteiger partial charge in [0.15, 0.2) is 9.84 Å². The monoisotopic (exact) mass is 373 g/mol. The molecule has 0 radical (unpaired) electrons. The Kier molecular flexibility index (Phi) is 6.98. The van der Waals surface area contributed by atoms with Crippen LogP contribution < -0.4 is 5.32 Å². The molecule has 2 aromatic carbocycles. The maximum atomic E-state index is 11.9. The van der Waals surface area contributed by atoms with E-state index in [1.54, 1.807) is 0 Å². The number of aryl methyl sites for hydroxylation is 1. The lowest BCUT2D eigenvalue weighted by molar-refractivity contribution is -0.120. The van der Waals surface area contributed by atoms with Gasteiger partial charge in [0.05, 0.1) is 11.5 Å². The summed E-state index contributed by atoms with van der Waals surface area (Å²) in [4.78, 5) is 11.9. The van der Waals surface area contributed by atoms with Crippen molar-refractivity contribution < 1.29 is 13.2 Å². The first-order valence-electron chi connectivity index (χ1n) is 8.88. The molecule has 0 aliphatic rings. The van der Waals surface area contributed by atoms with Crippen LogP contribution in [0.2, 0.25) is 0 Å². The number of nitrogens with one attached hydrogen (secondary N) is 1. The number of rotatable bonds is 8. The molecule has 0 aliphatic carbocycles. The molecule has 0 saturated heterocycles. The van der Waals surface area contributed by atoms with E-state index in [2.05, 4.69) is 30.4 Å². The Morgan fingerprint density at radius 1 is 1.04 bits per heavy atom. The molecular weight excluding hydrogens is 346 g/mol. The van der Waals surface area contributed by atoms with Gasteiger partial charge >= 0.3 is 0 Å². The molecule has 5 heteroatoms. The van der Waals surface area contributed by atoms with Crippen molar-refractivity contribution in [3.8, 4) is 11.1 Å². The fourth-order valence-electron chi connectivity index (χ4n) is 2.77. The molecule has 0 saturated carbocycles. The minimum absolute atomic E-state index is 0.0103. The minimum atomic E-state index is -3.16. The molecule has 1 amide bonds. The highest BCUT2D eigenvalue weighted by Gasteiger charge is 2.15. The Bertz CT molecular complexity index is 840. The topological polar surface area (TPSA) is 63.2 Å². The predicted octanol–water partition coefficient (Wildman–Crippen LogP) is 3.74. The first-order valence-corrected chi connectivity index (χ1v) is 10.7. The van der Waals surface area contributed by atoms with E-state index in [-0.39, 0.29) is 29.8 Å². The van der Waals surface area contributed by atoms with Gasteiger partial charge in [0.2, 0.25) is 5.91 Å². The third kappa shape index (κ3) is 6.64. The van der Waals surface area contributed by atoms with Crippen LogP contribution in [0, 0.1) is 12.8 Å². The maximum Gasteiger partial charge on any atom is 0.221 e. The van der Waals surface area contributed by atoms with E-state index in [0.29, 0.717) is 6.54 Å². The first-order chi connectivity index (χ1) is 12.2. The molecule has 140 valence electrons. The number of carbonyl (C=O) groups excluding carboxylic acids is 1. The summed E-state index contributed by atoms with van der Waals surface area (Å²) in [6, 6.07) is 16.3. The van der Waals surface area contributed by atoms with Crippen LogP contribution in [0.25, 0.3) is 11.1 Å². The summed E-state index contributed by atoms with van der Waals surface area (Å²) in [5, 5.41) is 2.79. The van der Waals surface area contributed by atoms with Gasteiger partial charge in [-0.3, -0.25) is 4.79 Å². The second kappa shape index (κ2) is 8.99. The normalized spacial score (nSPS) is 11.5. The van der Waals surface area contributed by atoms with Crippen LogP contribution in [0.1, 0.15) is 31.4 Å². The molecule has 2 aromatic rings. The first kappa shape index (κ1) is 20.2. The highest BCUT2D eigenvalue weighted by atomic mass is 32.2. The standard InChI is InChI=1S/C21H27NO3S/c1-16(2)15-26(24,25)12-11-21(23)22-14-18-7-9-19(10-8-18)20-6-4-5-17(3)13-20/h4-10,13,16H,11-12,14-15H2,1-3H3,(H,22,23). The van der Waals surface area contributed by atoms with Crippen LogP contribution >= 0.6 is 0 Å². The number of sulfone groups is 1. The third-order valence-electron chi connectivity index (χ3n) is 4.02. The second-order valence-electron chi connectivity index (χ2n) is 7.10. The Hall–Kier alpha value is -2.14. The van der Waals surface area contributed by atoms with Gasteiger partial charge in [-0.1, -0.05) is 67.9 Å². The largest absolute Gasteiger partial charge is 0.352 e. The van der Waals surface area contributed by atoms with Crippen molar-refractivity contribution in [1.82, 2.24) is 5.32 Å². The molecule has 0 heterocycles. The van der Waals surface area contributed by atoms with Crippen molar-refractivity contribution in [2.45, 2.75) is 33.7 Å². The molecular formula is C21H27NO3S. The van der Waals surface area contributed by atoms with Crippen LogP contribution in [0.15, 0.2) is 48.5 Å². The van der Waals surface area contributed by atoms with Gasteiger partial charge in [-0.25, -0.2) is 8.42 Å². The quantitative estimate of drug-likeness (QED) is 0.767. The van der Waals surface area contributed by atoms with Crippen molar-refractivity contribution in [2.24, 2.45) is 5.92 Å². The van der Waals surface area contributed by atoms with Crippen LogP contribution in [-0.4, -0.2) is 25.8 Å². The lowest BCUT2D eigenvalue weighted by Gasteiger charge is -2.09. The van der Waals surface area contributed by atoms with Crippen molar-refractivity contribution in [3.63, 3.8) is 0 Å². The van der Waals surface area contributed by atoms with E-state index >= 15 is 0 Å². The summed E-state index contributed by atoms with van der Waals surface area (Å²) in [6.07, 6.45) is 0.0103. The molecule has 0 bridgehead atoms. The smallest absolute Gasteiger partial charge is 0.221 e. The van der Waals surface area contributed by atoms with E-state index in [1.807, 2.05) is 44.2 Å². The number of hydrogen-bond donors (Lipinski definition) is 1. The number of benzene rings is 2. The van der Waals surface area contributed by atoms with E-state index in [0.717, 1.165) is 16.7 Å². The van der Waals surface area contributed by atoms with Crippen molar-refractivity contribution in [2.75, 3.05) is 11.5 Å². The average Bonchev–Trinajstić information content (AvgIpc) is 2.57. The molecule has 0 spiro atoms. The van der Waals surface area contributed by atoms with E-state index in [1.165, 1.54) is 5.56 Å². The minimum Gasteiger partial charge on any atom is -0.352 e. The Morgan fingerprint density at radius 2 is 1.73 bits per heavy atom. The Labute approximate surface area is 156 Å². The van der Waals surface area contributed by atoms with Gasteiger partial charge in [0, 0.05) is 13.0 Å². The summed E-state index contributed by atoms with van der Waals surface area (Å²) in [5.74, 6) is -0.126. The summed E-state index contributed by atoms with van der Waals surface area (Å²) in [7, 11) is -3.16. The zero-order chi connectivity index (χ0) is 19.2. The number of hydrogen-bond acceptors (Lipinski definition) is 3. The van der Waals surface area contributed by atoms with Crippen LogP contribution in [0.3, 0.4) is 0 Å². The molecule has 0 fully saturated rings. The zero-order valence-electron chi connectivity index (χ0n) is 15.7.